The van der Waals surface area contributed by atoms with E-state index in [9.17, 15) is 13.2 Å². The first-order valence-electron chi connectivity index (χ1n) is 8.24. The molecule has 2 atom stereocenters. The lowest BCUT2D eigenvalue weighted by Gasteiger charge is -2.27. The standard InChI is InChI=1S/C19H21NO5S/c1-19(2,3)24-18(21)20-16(14-10-6-4-7-11-14)17(25-26(20,22)23)15-12-8-5-9-13-15/h4-13,16-17H,1-3H3/t16-,17+/m0/s1. The predicted octanol–water partition coefficient (Wildman–Crippen LogP) is 3.98. The average molecular weight is 375 g/mol. The third kappa shape index (κ3) is 3.73. The van der Waals surface area contributed by atoms with Crippen molar-refractivity contribution in [3.63, 3.8) is 0 Å². The molecule has 0 N–H and O–H groups in total. The van der Waals surface area contributed by atoms with Crippen molar-refractivity contribution in [2.75, 3.05) is 0 Å². The highest BCUT2D eigenvalue weighted by Crippen LogP contribution is 2.46. The van der Waals surface area contributed by atoms with Gasteiger partial charge in [0.2, 0.25) is 0 Å². The number of carbonyl (C=O) groups excluding carboxylic acids is 1. The molecule has 1 saturated heterocycles. The van der Waals surface area contributed by atoms with E-state index in [0.29, 0.717) is 15.4 Å². The molecule has 0 unspecified atom stereocenters. The smallest absolute Gasteiger partial charge is 0.426 e. The van der Waals surface area contributed by atoms with E-state index >= 15 is 0 Å². The van der Waals surface area contributed by atoms with Gasteiger partial charge in [-0.25, -0.2) is 8.98 Å². The minimum Gasteiger partial charge on any atom is -0.443 e. The Bertz CT molecular complexity index is 875. The van der Waals surface area contributed by atoms with Gasteiger partial charge in [0.1, 0.15) is 17.7 Å². The Hall–Kier alpha value is -2.38. The summed E-state index contributed by atoms with van der Waals surface area (Å²) in [6, 6.07) is 17.0. The Morgan fingerprint density at radius 3 is 1.96 bits per heavy atom. The van der Waals surface area contributed by atoms with Crippen LogP contribution in [0.4, 0.5) is 4.79 Å². The van der Waals surface area contributed by atoms with Crippen LogP contribution in [0.15, 0.2) is 60.7 Å². The zero-order chi connectivity index (χ0) is 18.9. The van der Waals surface area contributed by atoms with Crippen LogP contribution in [0, 0.1) is 0 Å². The number of hydrogen-bond donors (Lipinski definition) is 0. The van der Waals surface area contributed by atoms with Gasteiger partial charge >= 0.3 is 16.4 Å². The zero-order valence-corrected chi connectivity index (χ0v) is 15.6. The van der Waals surface area contributed by atoms with Crippen LogP contribution in [0.2, 0.25) is 0 Å². The van der Waals surface area contributed by atoms with Gasteiger partial charge in [-0.15, -0.1) is 0 Å². The first-order valence-corrected chi connectivity index (χ1v) is 9.61. The fraction of sp³-hybridized carbons (Fsp3) is 0.316. The number of rotatable bonds is 2. The van der Waals surface area contributed by atoms with Crippen molar-refractivity contribution in [2.45, 2.75) is 38.5 Å². The van der Waals surface area contributed by atoms with Gasteiger partial charge in [0, 0.05) is 0 Å². The number of ether oxygens (including phenoxy) is 1. The second-order valence-corrected chi connectivity index (χ2v) is 8.46. The molecule has 0 aliphatic carbocycles. The topological polar surface area (TPSA) is 72.9 Å². The van der Waals surface area contributed by atoms with Crippen molar-refractivity contribution in [3.8, 4) is 0 Å². The summed E-state index contributed by atoms with van der Waals surface area (Å²) in [6.45, 7) is 5.04. The summed E-state index contributed by atoms with van der Waals surface area (Å²) in [4.78, 5) is 12.7. The summed E-state index contributed by atoms with van der Waals surface area (Å²) < 4.78 is 36.7. The number of amides is 1. The highest BCUT2D eigenvalue weighted by atomic mass is 32.2. The molecule has 3 rings (SSSR count). The quantitative estimate of drug-likeness (QED) is 0.794. The van der Waals surface area contributed by atoms with Gasteiger partial charge in [0.05, 0.1) is 0 Å². The van der Waals surface area contributed by atoms with Crippen molar-refractivity contribution in [1.82, 2.24) is 4.31 Å². The molecule has 2 aromatic carbocycles. The van der Waals surface area contributed by atoms with Gasteiger partial charge in [-0.2, -0.15) is 12.7 Å². The Kier molecular flexibility index (Phi) is 4.77. The van der Waals surface area contributed by atoms with E-state index < -0.39 is 34.1 Å². The van der Waals surface area contributed by atoms with Crippen LogP contribution < -0.4 is 0 Å². The maximum Gasteiger partial charge on any atom is 0.426 e. The summed E-state index contributed by atoms with van der Waals surface area (Å²) in [5.74, 6) is 0. The molecule has 7 heteroatoms. The van der Waals surface area contributed by atoms with Crippen LogP contribution in [0.5, 0.6) is 0 Å². The van der Waals surface area contributed by atoms with Crippen molar-refractivity contribution in [1.29, 1.82) is 0 Å². The molecule has 1 aliphatic heterocycles. The maximum atomic E-state index is 12.7. The normalized spacial score (nSPS) is 22.2. The summed E-state index contributed by atoms with van der Waals surface area (Å²) in [6.07, 6.45) is -1.80. The lowest BCUT2D eigenvalue weighted by Crippen LogP contribution is -2.39. The van der Waals surface area contributed by atoms with Gasteiger partial charge in [-0.05, 0) is 31.9 Å². The maximum absolute atomic E-state index is 12.7. The third-order valence-corrected chi connectivity index (χ3v) is 5.16. The summed E-state index contributed by atoms with van der Waals surface area (Å²) >= 11 is 0. The second-order valence-electron chi connectivity index (χ2n) is 7.02. The lowest BCUT2D eigenvalue weighted by molar-refractivity contribution is 0.0333. The molecular weight excluding hydrogens is 354 g/mol. The second kappa shape index (κ2) is 6.74. The molecule has 1 fully saturated rings. The van der Waals surface area contributed by atoms with E-state index in [1.54, 1.807) is 69.3 Å². The zero-order valence-electron chi connectivity index (χ0n) is 14.8. The molecule has 0 bridgehead atoms. The lowest BCUT2D eigenvalue weighted by atomic mass is 9.96. The average Bonchev–Trinajstić information content (AvgIpc) is 2.86. The summed E-state index contributed by atoms with van der Waals surface area (Å²) in [7, 11) is -4.29. The third-order valence-electron chi connectivity index (χ3n) is 3.85. The molecule has 1 heterocycles. The minimum atomic E-state index is -4.29. The Morgan fingerprint density at radius 2 is 1.46 bits per heavy atom. The summed E-state index contributed by atoms with van der Waals surface area (Å²) in [5, 5.41) is 0. The van der Waals surface area contributed by atoms with Gasteiger partial charge in [-0.1, -0.05) is 60.7 Å². The molecule has 0 radical (unpaired) electrons. The van der Waals surface area contributed by atoms with Crippen LogP contribution in [0.3, 0.4) is 0 Å². The Labute approximate surface area is 153 Å². The van der Waals surface area contributed by atoms with Crippen molar-refractivity contribution in [2.24, 2.45) is 0 Å². The van der Waals surface area contributed by atoms with Gasteiger partial charge in [0.25, 0.3) is 0 Å². The SMILES string of the molecule is CC(C)(C)OC(=O)N1[C@@H](c2ccccc2)[C@@H](c2ccccc2)OS1(=O)=O. The van der Waals surface area contributed by atoms with Crippen LogP contribution in [-0.4, -0.2) is 24.4 Å². The number of hydrogen-bond acceptors (Lipinski definition) is 5. The first kappa shape index (κ1) is 18.4. The molecule has 6 nitrogen and oxygen atoms in total. The molecule has 1 aliphatic rings. The molecule has 0 aromatic heterocycles. The molecular formula is C19H21NO5S. The van der Waals surface area contributed by atoms with E-state index in [1.807, 2.05) is 12.1 Å². The van der Waals surface area contributed by atoms with Gasteiger partial charge in [-0.3, -0.25) is 0 Å². The van der Waals surface area contributed by atoms with Crippen molar-refractivity contribution in [3.05, 3.63) is 71.8 Å². The van der Waals surface area contributed by atoms with Crippen molar-refractivity contribution >= 4 is 16.4 Å². The summed E-state index contributed by atoms with van der Waals surface area (Å²) in [5.41, 5.74) is 0.475. The van der Waals surface area contributed by atoms with Crippen molar-refractivity contribution < 1.29 is 22.1 Å². The minimum absolute atomic E-state index is 0.647. The number of carbonyl (C=O) groups is 1. The van der Waals surface area contributed by atoms with E-state index in [2.05, 4.69) is 0 Å². The van der Waals surface area contributed by atoms with E-state index in [1.165, 1.54) is 0 Å². The highest BCUT2D eigenvalue weighted by molar-refractivity contribution is 7.85. The molecule has 1 amide bonds. The molecule has 0 saturated carbocycles. The van der Waals surface area contributed by atoms with Crippen LogP contribution in [0.25, 0.3) is 0 Å². The Balaban J connectivity index is 2.10. The fourth-order valence-electron chi connectivity index (χ4n) is 2.84. The van der Waals surface area contributed by atoms with Gasteiger partial charge < -0.3 is 4.74 Å². The van der Waals surface area contributed by atoms with Crippen LogP contribution in [-0.2, 0) is 19.2 Å². The number of benzene rings is 2. The number of nitrogens with zero attached hydrogens (tertiary/aromatic N) is 1. The highest BCUT2D eigenvalue weighted by Gasteiger charge is 2.52. The Morgan fingerprint density at radius 1 is 0.962 bits per heavy atom. The van der Waals surface area contributed by atoms with Crippen LogP contribution >= 0.6 is 0 Å². The molecule has 138 valence electrons. The van der Waals surface area contributed by atoms with E-state index in [-0.39, 0.29) is 0 Å². The first-order chi connectivity index (χ1) is 12.2. The molecule has 2 aromatic rings. The van der Waals surface area contributed by atoms with Crippen LogP contribution in [0.1, 0.15) is 44.0 Å². The molecule has 0 spiro atoms. The fourth-order valence-corrected chi connectivity index (χ4v) is 4.15. The van der Waals surface area contributed by atoms with E-state index in [0.717, 1.165) is 0 Å². The molecule has 26 heavy (non-hydrogen) atoms. The monoisotopic (exact) mass is 375 g/mol. The largest absolute Gasteiger partial charge is 0.443 e. The van der Waals surface area contributed by atoms with E-state index in [4.69, 9.17) is 8.92 Å². The predicted molar refractivity (Wildman–Crippen MR) is 96.4 cm³/mol. The van der Waals surface area contributed by atoms with Gasteiger partial charge in [0.15, 0.2) is 0 Å².